The first-order valence-electron chi connectivity index (χ1n) is 10.3. The summed E-state index contributed by atoms with van der Waals surface area (Å²) < 4.78 is 5.98. The molecule has 0 bridgehead atoms. The number of fused-ring (bicyclic) bond motifs is 2. The van der Waals surface area contributed by atoms with Crippen LogP contribution in [0.1, 0.15) is 27.0 Å². The van der Waals surface area contributed by atoms with Crippen LogP contribution in [0.4, 0.5) is 5.69 Å². The summed E-state index contributed by atoms with van der Waals surface area (Å²) in [4.78, 5) is 17.8. The van der Waals surface area contributed by atoms with Crippen molar-refractivity contribution in [2.75, 3.05) is 5.32 Å². The van der Waals surface area contributed by atoms with Crippen LogP contribution < -0.4 is 5.32 Å². The van der Waals surface area contributed by atoms with Gasteiger partial charge in [-0.3, -0.25) is 4.79 Å². The maximum Gasteiger partial charge on any atom is 0.256 e. The number of nitrogens with zero attached hydrogens (tertiary/aromatic N) is 1. The van der Waals surface area contributed by atoms with Gasteiger partial charge in [-0.1, -0.05) is 42.5 Å². The Hall–Kier alpha value is -3.92. The molecule has 0 aliphatic rings. The van der Waals surface area contributed by atoms with Gasteiger partial charge in [0.25, 0.3) is 5.91 Å². The minimum atomic E-state index is -0.135. The minimum Gasteiger partial charge on any atom is -0.436 e. The van der Waals surface area contributed by atoms with E-state index in [1.54, 1.807) is 0 Å². The number of amides is 1. The summed E-state index contributed by atoms with van der Waals surface area (Å²) in [6, 6.07) is 23.6. The van der Waals surface area contributed by atoms with E-state index in [4.69, 9.17) is 4.42 Å². The molecule has 0 radical (unpaired) electrons. The normalized spacial score (nSPS) is 11.2. The molecule has 0 saturated heterocycles. The van der Waals surface area contributed by atoms with E-state index in [9.17, 15) is 4.79 Å². The Bertz CT molecular complexity index is 1460. The molecule has 4 nitrogen and oxygen atoms in total. The van der Waals surface area contributed by atoms with Crippen LogP contribution >= 0.6 is 0 Å². The van der Waals surface area contributed by atoms with Gasteiger partial charge in [0, 0.05) is 16.8 Å². The van der Waals surface area contributed by atoms with E-state index in [-0.39, 0.29) is 5.91 Å². The van der Waals surface area contributed by atoms with Crippen molar-refractivity contribution in [2.24, 2.45) is 0 Å². The highest BCUT2D eigenvalue weighted by Crippen LogP contribution is 2.31. The Morgan fingerprint density at radius 1 is 0.871 bits per heavy atom. The number of benzene rings is 4. The van der Waals surface area contributed by atoms with Gasteiger partial charge in [0.05, 0.1) is 0 Å². The van der Waals surface area contributed by atoms with Crippen molar-refractivity contribution in [1.29, 1.82) is 0 Å². The van der Waals surface area contributed by atoms with Crippen LogP contribution in [0, 0.1) is 20.8 Å². The number of nitrogens with one attached hydrogen (secondary N) is 1. The maximum absolute atomic E-state index is 13.2. The van der Waals surface area contributed by atoms with E-state index in [0.29, 0.717) is 11.5 Å². The van der Waals surface area contributed by atoms with E-state index in [2.05, 4.69) is 17.2 Å². The van der Waals surface area contributed by atoms with Crippen LogP contribution in [0.3, 0.4) is 0 Å². The van der Waals surface area contributed by atoms with Gasteiger partial charge in [0.15, 0.2) is 5.58 Å². The Morgan fingerprint density at radius 3 is 2.52 bits per heavy atom. The van der Waals surface area contributed by atoms with Crippen molar-refractivity contribution < 1.29 is 9.21 Å². The fourth-order valence-electron chi connectivity index (χ4n) is 3.99. The van der Waals surface area contributed by atoms with Crippen LogP contribution in [0.25, 0.3) is 33.3 Å². The topological polar surface area (TPSA) is 55.1 Å². The van der Waals surface area contributed by atoms with Crippen LogP contribution in [-0.4, -0.2) is 10.9 Å². The molecule has 1 aromatic heterocycles. The number of carbonyl (C=O) groups excluding carboxylic acids is 1. The molecule has 1 amide bonds. The fourth-order valence-corrected chi connectivity index (χ4v) is 3.99. The third-order valence-electron chi connectivity index (χ3n) is 5.74. The lowest BCUT2D eigenvalue weighted by Crippen LogP contribution is -2.13. The molecule has 31 heavy (non-hydrogen) atoms. The number of carbonyl (C=O) groups is 1. The molecular formula is C27H22N2O2. The van der Waals surface area contributed by atoms with E-state index in [1.807, 2.05) is 86.6 Å². The van der Waals surface area contributed by atoms with E-state index >= 15 is 0 Å². The first-order chi connectivity index (χ1) is 15.0. The van der Waals surface area contributed by atoms with E-state index in [0.717, 1.165) is 49.8 Å². The van der Waals surface area contributed by atoms with Crippen LogP contribution in [0.15, 0.2) is 77.2 Å². The Morgan fingerprint density at radius 2 is 1.68 bits per heavy atom. The lowest BCUT2D eigenvalue weighted by atomic mass is 9.99. The molecule has 4 heteroatoms. The van der Waals surface area contributed by atoms with E-state index < -0.39 is 0 Å². The van der Waals surface area contributed by atoms with Crippen LogP contribution in [0.2, 0.25) is 0 Å². The van der Waals surface area contributed by atoms with Crippen LogP contribution in [-0.2, 0) is 0 Å². The largest absolute Gasteiger partial charge is 0.436 e. The number of aromatic nitrogens is 1. The molecule has 152 valence electrons. The third kappa shape index (κ3) is 3.36. The Kier molecular flexibility index (Phi) is 4.55. The van der Waals surface area contributed by atoms with Gasteiger partial charge < -0.3 is 9.73 Å². The Balaban J connectivity index is 1.52. The predicted octanol–water partition coefficient (Wildman–Crippen LogP) is 6.83. The first kappa shape index (κ1) is 19.1. The molecule has 0 fully saturated rings. The van der Waals surface area contributed by atoms with Gasteiger partial charge in [-0.05, 0) is 78.6 Å². The summed E-state index contributed by atoms with van der Waals surface area (Å²) in [5, 5.41) is 5.12. The highest BCUT2D eigenvalue weighted by Gasteiger charge is 2.16. The lowest BCUT2D eigenvalue weighted by Gasteiger charge is -2.13. The van der Waals surface area contributed by atoms with Crippen molar-refractivity contribution in [3.05, 3.63) is 95.1 Å². The van der Waals surface area contributed by atoms with Crippen molar-refractivity contribution in [2.45, 2.75) is 20.8 Å². The molecular weight excluding hydrogens is 384 g/mol. The molecule has 1 heterocycles. The zero-order valence-electron chi connectivity index (χ0n) is 17.7. The molecule has 0 aliphatic carbocycles. The molecule has 0 atom stereocenters. The summed E-state index contributed by atoms with van der Waals surface area (Å²) >= 11 is 0. The molecule has 4 aromatic carbocycles. The van der Waals surface area contributed by atoms with Crippen molar-refractivity contribution in [3.8, 4) is 11.5 Å². The average Bonchev–Trinajstić information content (AvgIpc) is 3.18. The molecule has 1 N–H and O–H groups in total. The predicted molar refractivity (Wildman–Crippen MR) is 126 cm³/mol. The van der Waals surface area contributed by atoms with Gasteiger partial charge in [0.1, 0.15) is 5.52 Å². The quantitative estimate of drug-likeness (QED) is 0.357. The van der Waals surface area contributed by atoms with E-state index in [1.165, 1.54) is 0 Å². The number of aryl methyl sites for hydroxylation is 2. The maximum atomic E-state index is 13.2. The number of hydrogen-bond acceptors (Lipinski definition) is 3. The minimum absolute atomic E-state index is 0.135. The zero-order valence-corrected chi connectivity index (χ0v) is 17.7. The molecule has 0 spiro atoms. The van der Waals surface area contributed by atoms with Gasteiger partial charge in [-0.2, -0.15) is 0 Å². The highest BCUT2D eigenvalue weighted by molar-refractivity contribution is 6.13. The standard InChI is InChI=1S/C27H22N2O2/c1-16-11-14-25-24(15-16)29-27(31-25)20-9-6-10-23(18(20)3)28-26(30)22-13-12-17(2)19-7-4-5-8-21(19)22/h4-15H,1-3H3,(H,28,30). The molecule has 5 aromatic rings. The fraction of sp³-hybridized carbons (Fsp3) is 0.111. The summed E-state index contributed by atoms with van der Waals surface area (Å²) in [5.74, 6) is 0.416. The Labute approximate surface area is 180 Å². The van der Waals surface area contributed by atoms with Crippen molar-refractivity contribution >= 4 is 33.5 Å². The summed E-state index contributed by atoms with van der Waals surface area (Å²) in [6.45, 7) is 6.06. The number of rotatable bonds is 3. The SMILES string of the molecule is Cc1ccc2oc(-c3cccc(NC(=O)c4ccc(C)c5ccccc45)c3C)nc2c1. The summed E-state index contributed by atoms with van der Waals surface area (Å²) in [7, 11) is 0. The lowest BCUT2D eigenvalue weighted by molar-refractivity contribution is 0.102. The van der Waals surface area contributed by atoms with Crippen molar-refractivity contribution in [1.82, 2.24) is 4.98 Å². The number of oxazole rings is 1. The zero-order chi connectivity index (χ0) is 21.5. The molecule has 0 aliphatic heterocycles. The van der Waals surface area contributed by atoms with Gasteiger partial charge >= 0.3 is 0 Å². The monoisotopic (exact) mass is 406 g/mol. The molecule has 0 unspecified atom stereocenters. The van der Waals surface area contributed by atoms with Crippen molar-refractivity contribution in [3.63, 3.8) is 0 Å². The second-order valence-corrected chi connectivity index (χ2v) is 7.90. The second kappa shape index (κ2) is 7.40. The number of hydrogen-bond donors (Lipinski definition) is 1. The summed E-state index contributed by atoms with van der Waals surface area (Å²) in [6.07, 6.45) is 0. The molecule has 0 saturated carbocycles. The average molecular weight is 406 g/mol. The second-order valence-electron chi connectivity index (χ2n) is 7.90. The third-order valence-corrected chi connectivity index (χ3v) is 5.74. The smallest absolute Gasteiger partial charge is 0.256 e. The van der Waals surface area contributed by atoms with Gasteiger partial charge in [-0.25, -0.2) is 4.98 Å². The van der Waals surface area contributed by atoms with Gasteiger partial charge in [0.2, 0.25) is 5.89 Å². The summed E-state index contributed by atoms with van der Waals surface area (Å²) in [5.41, 5.74) is 7.03. The molecule has 5 rings (SSSR count). The highest BCUT2D eigenvalue weighted by atomic mass is 16.3. The van der Waals surface area contributed by atoms with Gasteiger partial charge in [-0.15, -0.1) is 0 Å². The number of anilines is 1. The van der Waals surface area contributed by atoms with Crippen LogP contribution in [0.5, 0.6) is 0 Å². The first-order valence-corrected chi connectivity index (χ1v) is 10.3.